The molecule has 0 spiro atoms. The molecule has 0 aromatic heterocycles. The molecule has 19 heavy (non-hydrogen) atoms. The fraction of sp³-hybridized carbons (Fsp3) is 0.0714. The summed E-state index contributed by atoms with van der Waals surface area (Å²) < 4.78 is 5.58. The maximum atomic E-state index is 11.1. The lowest BCUT2D eigenvalue weighted by Crippen LogP contribution is -2.11. The number of halogens is 1. The highest BCUT2D eigenvalue weighted by Crippen LogP contribution is 2.25. The fourth-order valence-electron chi connectivity index (χ4n) is 1.58. The van der Waals surface area contributed by atoms with Crippen LogP contribution in [0.25, 0.3) is 0 Å². The summed E-state index contributed by atoms with van der Waals surface area (Å²) in [7, 11) is 0. The van der Waals surface area contributed by atoms with Crippen molar-refractivity contribution < 1.29 is 9.53 Å². The first-order valence-corrected chi connectivity index (χ1v) is 6.01. The predicted molar refractivity (Wildman–Crippen MR) is 75.2 cm³/mol. The van der Waals surface area contributed by atoms with Crippen LogP contribution in [0, 0.1) is 0 Å². The van der Waals surface area contributed by atoms with Crippen LogP contribution in [0.2, 0.25) is 5.02 Å². The molecule has 98 valence electrons. The minimum Gasteiger partial charge on any atom is -0.487 e. The Morgan fingerprint density at radius 3 is 2.63 bits per heavy atom. The normalized spacial score (nSPS) is 10.2. The average Bonchev–Trinajstić information content (AvgIpc) is 2.39. The Labute approximate surface area is 115 Å². The van der Waals surface area contributed by atoms with Crippen molar-refractivity contribution in [2.24, 2.45) is 5.73 Å². The van der Waals surface area contributed by atoms with Crippen molar-refractivity contribution in [2.75, 3.05) is 5.73 Å². The third kappa shape index (κ3) is 3.17. The van der Waals surface area contributed by atoms with E-state index in [-0.39, 0.29) is 6.61 Å². The van der Waals surface area contributed by atoms with Crippen LogP contribution in [0.1, 0.15) is 15.9 Å². The highest BCUT2D eigenvalue weighted by atomic mass is 35.5. The van der Waals surface area contributed by atoms with E-state index < -0.39 is 5.91 Å². The zero-order valence-electron chi connectivity index (χ0n) is 10.1. The molecular formula is C14H13ClN2O2. The van der Waals surface area contributed by atoms with Crippen molar-refractivity contribution in [3.63, 3.8) is 0 Å². The SMILES string of the molecule is NC(=O)c1ccc(N)c(OCc2ccccc2Cl)c1. The molecule has 4 N–H and O–H groups in total. The van der Waals surface area contributed by atoms with Crippen LogP contribution in [-0.2, 0) is 6.61 Å². The molecule has 2 aromatic carbocycles. The van der Waals surface area contributed by atoms with Crippen molar-refractivity contribution >= 4 is 23.2 Å². The number of carbonyl (C=O) groups excluding carboxylic acids is 1. The lowest BCUT2D eigenvalue weighted by atomic mass is 10.2. The Kier molecular flexibility index (Phi) is 3.92. The van der Waals surface area contributed by atoms with E-state index in [1.807, 2.05) is 18.2 Å². The smallest absolute Gasteiger partial charge is 0.248 e. The lowest BCUT2D eigenvalue weighted by Gasteiger charge is -2.10. The van der Waals surface area contributed by atoms with Crippen molar-refractivity contribution in [3.05, 3.63) is 58.6 Å². The van der Waals surface area contributed by atoms with Crippen LogP contribution in [0.5, 0.6) is 5.75 Å². The van der Waals surface area contributed by atoms with E-state index in [0.29, 0.717) is 22.0 Å². The van der Waals surface area contributed by atoms with Crippen LogP contribution < -0.4 is 16.2 Å². The van der Waals surface area contributed by atoms with Gasteiger partial charge >= 0.3 is 0 Å². The number of primary amides is 1. The number of nitrogens with two attached hydrogens (primary N) is 2. The molecule has 0 aliphatic heterocycles. The van der Waals surface area contributed by atoms with E-state index in [9.17, 15) is 4.79 Å². The number of carbonyl (C=O) groups is 1. The standard InChI is InChI=1S/C14H13ClN2O2/c15-11-4-2-1-3-10(11)8-19-13-7-9(14(17)18)5-6-12(13)16/h1-7H,8,16H2,(H2,17,18). The number of rotatable bonds is 4. The number of hydrogen-bond donors (Lipinski definition) is 2. The lowest BCUT2D eigenvalue weighted by molar-refractivity contribution is 0.1000. The van der Waals surface area contributed by atoms with Gasteiger partial charge in [0, 0.05) is 16.1 Å². The first-order valence-electron chi connectivity index (χ1n) is 5.63. The summed E-state index contributed by atoms with van der Waals surface area (Å²) in [5.74, 6) is -0.112. The van der Waals surface area contributed by atoms with Crippen LogP contribution >= 0.6 is 11.6 Å². The highest BCUT2D eigenvalue weighted by Gasteiger charge is 2.07. The van der Waals surface area contributed by atoms with Crippen LogP contribution in [-0.4, -0.2) is 5.91 Å². The van der Waals surface area contributed by atoms with Gasteiger partial charge in [0.2, 0.25) is 5.91 Å². The summed E-state index contributed by atoms with van der Waals surface area (Å²) in [6.45, 7) is 0.270. The molecule has 0 saturated heterocycles. The zero-order chi connectivity index (χ0) is 13.8. The van der Waals surface area contributed by atoms with Gasteiger partial charge in [0.25, 0.3) is 0 Å². The summed E-state index contributed by atoms with van der Waals surface area (Å²) in [4.78, 5) is 11.1. The van der Waals surface area contributed by atoms with Gasteiger partial charge in [-0.05, 0) is 24.3 Å². The Morgan fingerprint density at radius 2 is 1.95 bits per heavy atom. The number of amides is 1. The minimum atomic E-state index is -0.525. The topological polar surface area (TPSA) is 78.3 Å². The first kappa shape index (κ1) is 13.2. The van der Waals surface area contributed by atoms with Crippen molar-refractivity contribution in [1.82, 2.24) is 0 Å². The molecule has 0 saturated carbocycles. The van der Waals surface area contributed by atoms with Gasteiger partial charge in [-0.2, -0.15) is 0 Å². The molecule has 2 aromatic rings. The molecule has 0 bridgehead atoms. The van der Waals surface area contributed by atoms with Crippen LogP contribution in [0.3, 0.4) is 0 Å². The molecule has 5 heteroatoms. The van der Waals surface area contributed by atoms with Gasteiger partial charge in [-0.3, -0.25) is 4.79 Å². The van der Waals surface area contributed by atoms with E-state index in [0.717, 1.165) is 5.56 Å². The van der Waals surface area contributed by atoms with Gasteiger partial charge in [0.05, 0.1) is 5.69 Å². The second-order valence-corrected chi connectivity index (χ2v) is 4.40. The van der Waals surface area contributed by atoms with E-state index in [1.165, 1.54) is 6.07 Å². The fourth-order valence-corrected chi connectivity index (χ4v) is 1.77. The summed E-state index contributed by atoms with van der Waals surface area (Å²) in [6.07, 6.45) is 0. The van der Waals surface area contributed by atoms with Crippen LogP contribution in [0.15, 0.2) is 42.5 Å². The van der Waals surface area contributed by atoms with E-state index in [4.69, 9.17) is 27.8 Å². The van der Waals surface area contributed by atoms with E-state index in [1.54, 1.807) is 18.2 Å². The number of ether oxygens (including phenoxy) is 1. The molecule has 0 fully saturated rings. The maximum absolute atomic E-state index is 11.1. The van der Waals surface area contributed by atoms with Crippen LogP contribution in [0.4, 0.5) is 5.69 Å². The Morgan fingerprint density at radius 1 is 1.21 bits per heavy atom. The predicted octanol–water partition coefficient (Wildman–Crippen LogP) is 2.60. The van der Waals surface area contributed by atoms with Gasteiger partial charge in [-0.15, -0.1) is 0 Å². The molecule has 0 unspecified atom stereocenters. The molecule has 0 heterocycles. The Hall–Kier alpha value is -2.20. The Bertz CT molecular complexity index is 614. The molecule has 0 radical (unpaired) electrons. The molecule has 2 rings (SSSR count). The highest BCUT2D eigenvalue weighted by molar-refractivity contribution is 6.31. The number of nitrogen functional groups attached to an aromatic ring is 1. The van der Waals surface area contributed by atoms with Gasteiger partial charge in [0.15, 0.2) is 0 Å². The average molecular weight is 277 g/mol. The third-order valence-corrected chi connectivity index (χ3v) is 3.01. The molecule has 0 aliphatic rings. The second-order valence-electron chi connectivity index (χ2n) is 4.00. The largest absolute Gasteiger partial charge is 0.487 e. The molecule has 4 nitrogen and oxygen atoms in total. The molecular weight excluding hydrogens is 264 g/mol. The van der Waals surface area contributed by atoms with E-state index >= 15 is 0 Å². The number of anilines is 1. The minimum absolute atomic E-state index is 0.270. The number of hydrogen-bond acceptors (Lipinski definition) is 3. The molecule has 0 aliphatic carbocycles. The Balaban J connectivity index is 2.17. The van der Waals surface area contributed by atoms with Crippen molar-refractivity contribution in [1.29, 1.82) is 0 Å². The summed E-state index contributed by atoms with van der Waals surface area (Å²) >= 11 is 6.03. The molecule has 0 atom stereocenters. The quantitative estimate of drug-likeness (QED) is 0.843. The van der Waals surface area contributed by atoms with Crippen molar-refractivity contribution in [3.8, 4) is 5.75 Å². The van der Waals surface area contributed by atoms with Crippen molar-refractivity contribution in [2.45, 2.75) is 6.61 Å². The summed E-state index contributed by atoms with van der Waals surface area (Å²) in [5, 5.41) is 0.618. The first-order chi connectivity index (χ1) is 9.08. The third-order valence-electron chi connectivity index (χ3n) is 2.64. The van der Waals surface area contributed by atoms with Gasteiger partial charge < -0.3 is 16.2 Å². The van der Waals surface area contributed by atoms with Gasteiger partial charge in [-0.25, -0.2) is 0 Å². The summed E-state index contributed by atoms with van der Waals surface area (Å²) in [6, 6.07) is 12.0. The van der Waals surface area contributed by atoms with Gasteiger partial charge in [-0.1, -0.05) is 29.8 Å². The second kappa shape index (κ2) is 5.63. The zero-order valence-corrected chi connectivity index (χ0v) is 10.9. The van der Waals surface area contributed by atoms with Gasteiger partial charge in [0.1, 0.15) is 12.4 Å². The maximum Gasteiger partial charge on any atom is 0.248 e. The molecule has 1 amide bonds. The monoisotopic (exact) mass is 276 g/mol. The summed E-state index contributed by atoms with van der Waals surface area (Å²) in [5.41, 5.74) is 12.6. The van der Waals surface area contributed by atoms with E-state index in [2.05, 4.69) is 0 Å². The number of benzene rings is 2.